The topological polar surface area (TPSA) is 82.3 Å². The van der Waals surface area contributed by atoms with Crippen molar-refractivity contribution in [1.82, 2.24) is 15.3 Å². The number of thioether (sulfide) groups is 1. The van der Waals surface area contributed by atoms with E-state index >= 15 is 0 Å². The smallest absolute Gasteiger partial charge is 0.169 e. The monoisotopic (exact) mass is 336 g/mol. The molecule has 1 aromatic heterocycles. The molecule has 120 valence electrons. The molecule has 4 N–H and O–H groups in total. The lowest BCUT2D eigenvalue weighted by Crippen LogP contribution is -2.36. The summed E-state index contributed by atoms with van der Waals surface area (Å²) in [6, 6.07) is 21.9. The summed E-state index contributed by atoms with van der Waals surface area (Å²) >= 11 is 1.50. The van der Waals surface area contributed by atoms with E-state index in [4.69, 9.17) is 5.73 Å². The van der Waals surface area contributed by atoms with Gasteiger partial charge in [-0.25, -0.2) is 0 Å². The van der Waals surface area contributed by atoms with Gasteiger partial charge in [-0.05, 0) is 5.56 Å². The Hall–Kier alpha value is -2.77. The summed E-state index contributed by atoms with van der Waals surface area (Å²) in [6.45, 7) is 0. The molecule has 0 amide bonds. The summed E-state index contributed by atoms with van der Waals surface area (Å²) in [6.07, 6.45) is 0. The molecular formula is C17H16N6S. The van der Waals surface area contributed by atoms with Crippen molar-refractivity contribution >= 4 is 22.6 Å². The third kappa shape index (κ3) is 2.99. The van der Waals surface area contributed by atoms with E-state index in [1.165, 1.54) is 11.8 Å². The number of nitrogens with one attached hydrogen (secondary N) is 2. The zero-order valence-corrected chi connectivity index (χ0v) is 13.6. The molecule has 1 aliphatic heterocycles. The molecule has 1 unspecified atom stereocenters. The van der Waals surface area contributed by atoms with Gasteiger partial charge >= 0.3 is 0 Å². The van der Waals surface area contributed by atoms with Crippen LogP contribution in [0.25, 0.3) is 11.3 Å². The van der Waals surface area contributed by atoms with Crippen molar-refractivity contribution in [1.29, 1.82) is 0 Å². The van der Waals surface area contributed by atoms with Crippen molar-refractivity contribution in [2.75, 3.05) is 5.43 Å². The van der Waals surface area contributed by atoms with Gasteiger partial charge in [0.2, 0.25) is 0 Å². The Morgan fingerprint density at radius 3 is 2.38 bits per heavy atom. The highest BCUT2D eigenvalue weighted by atomic mass is 32.2. The number of H-pyrrole nitrogens is 1. The Kier molecular flexibility index (Phi) is 3.94. The van der Waals surface area contributed by atoms with Gasteiger partial charge < -0.3 is 0 Å². The first-order valence-electron chi connectivity index (χ1n) is 7.52. The average molecular weight is 336 g/mol. The van der Waals surface area contributed by atoms with Crippen LogP contribution in [0, 0.1) is 0 Å². The van der Waals surface area contributed by atoms with E-state index in [0.29, 0.717) is 5.82 Å². The van der Waals surface area contributed by atoms with Gasteiger partial charge in [-0.2, -0.15) is 10.2 Å². The lowest BCUT2D eigenvalue weighted by atomic mass is 10.2. The molecule has 0 fully saturated rings. The lowest BCUT2D eigenvalue weighted by molar-refractivity contribution is 0.339. The van der Waals surface area contributed by atoms with Crippen LogP contribution in [0.3, 0.4) is 0 Å². The second-order valence-electron chi connectivity index (χ2n) is 5.27. The molecule has 2 heterocycles. The first kappa shape index (κ1) is 14.8. The second-order valence-corrected chi connectivity index (χ2v) is 6.37. The van der Waals surface area contributed by atoms with E-state index in [9.17, 15) is 0 Å². The summed E-state index contributed by atoms with van der Waals surface area (Å²) in [5.41, 5.74) is 12.0. The highest BCUT2D eigenvalue weighted by molar-refractivity contribution is 8.15. The Morgan fingerprint density at radius 2 is 1.67 bits per heavy atom. The number of nitrogens with two attached hydrogens (primary N) is 1. The maximum absolute atomic E-state index is 6.15. The number of hydrogen-bond acceptors (Lipinski definition) is 6. The van der Waals surface area contributed by atoms with Crippen molar-refractivity contribution in [3.63, 3.8) is 0 Å². The number of hydrazine groups is 1. The Labute approximate surface area is 143 Å². The van der Waals surface area contributed by atoms with Gasteiger partial charge in [-0.1, -0.05) is 72.4 Å². The van der Waals surface area contributed by atoms with E-state index in [2.05, 4.69) is 20.7 Å². The minimum atomic E-state index is -0.308. The third-order valence-electron chi connectivity index (χ3n) is 3.58. The molecule has 0 bridgehead atoms. The molecule has 0 saturated heterocycles. The normalized spacial score (nSPS) is 17.0. The molecular weight excluding hydrogens is 320 g/mol. The summed E-state index contributed by atoms with van der Waals surface area (Å²) < 4.78 is 0. The van der Waals surface area contributed by atoms with Gasteiger partial charge in [-0.15, -0.1) is 5.10 Å². The Balaban J connectivity index is 1.51. The number of rotatable bonds is 4. The van der Waals surface area contributed by atoms with Crippen LogP contribution in [0.5, 0.6) is 0 Å². The summed E-state index contributed by atoms with van der Waals surface area (Å²) in [5.74, 6) is 0.669. The third-order valence-corrected chi connectivity index (χ3v) is 4.57. The van der Waals surface area contributed by atoms with Crippen LogP contribution in [0.2, 0.25) is 0 Å². The molecule has 7 heteroatoms. The Bertz CT molecular complexity index is 846. The van der Waals surface area contributed by atoms with E-state index in [-0.39, 0.29) is 5.50 Å². The maximum Gasteiger partial charge on any atom is 0.169 e. The molecule has 24 heavy (non-hydrogen) atoms. The first-order valence-corrected chi connectivity index (χ1v) is 8.40. The van der Waals surface area contributed by atoms with E-state index in [0.717, 1.165) is 21.9 Å². The van der Waals surface area contributed by atoms with Crippen molar-refractivity contribution in [3.8, 4) is 11.3 Å². The molecule has 6 nitrogen and oxygen atoms in total. The van der Waals surface area contributed by atoms with Gasteiger partial charge in [0.05, 0.1) is 5.69 Å². The standard InChI is InChI=1S/C17H16N6S/c18-17-23(22-16(24-17)13-9-5-2-6-10-13)21-15-11-14(19-20-15)12-7-3-1-4-8-12/h1-11,17H,18H2,(H2,19,20,21). The van der Waals surface area contributed by atoms with Crippen LogP contribution in [-0.2, 0) is 0 Å². The summed E-state index contributed by atoms with van der Waals surface area (Å²) in [7, 11) is 0. The summed E-state index contributed by atoms with van der Waals surface area (Å²) in [5, 5.41) is 14.3. The molecule has 0 saturated carbocycles. The predicted octanol–water partition coefficient (Wildman–Crippen LogP) is 3.06. The Morgan fingerprint density at radius 1 is 1.00 bits per heavy atom. The highest BCUT2D eigenvalue weighted by Crippen LogP contribution is 2.27. The van der Waals surface area contributed by atoms with Gasteiger partial charge in [0.25, 0.3) is 0 Å². The number of aromatic nitrogens is 2. The molecule has 0 radical (unpaired) electrons. The number of hydrazone groups is 1. The number of hydrogen-bond donors (Lipinski definition) is 3. The highest BCUT2D eigenvalue weighted by Gasteiger charge is 2.25. The molecule has 1 atom stereocenters. The lowest BCUT2D eigenvalue weighted by Gasteiger charge is -2.18. The van der Waals surface area contributed by atoms with Crippen molar-refractivity contribution < 1.29 is 0 Å². The van der Waals surface area contributed by atoms with Gasteiger partial charge in [-0.3, -0.25) is 16.3 Å². The van der Waals surface area contributed by atoms with Crippen molar-refractivity contribution in [2.24, 2.45) is 10.8 Å². The largest absolute Gasteiger partial charge is 0.299 e. The van der Waals surface area contributed by atoms with Crippen LogP contribution in [0.4, 0.5) is 5.82 Å². The van der Waals surface area contributed by atoms with Crippen LogP contribution >= 0.6 is 11.8 Å². The fraction of sp³-hybridized carbons (Fsp3) is 0.0588. The van der Waals surface area contributed by atoms with Crippen LogP contribution in [-0.4, -0.2) is 25.9 Å². The summed E-state index contributed by atoms with van der Waals surface area (Å²) in [4.78, 5) is 0. The second kappa shape index (κ2) is 6.38. The van der Waals surface area contributed by atoms with Gasteiger partial charge in [0, 0.05) is 11.6 Å². The fourth-order valence-corrected chi connectivity index (χ4v) is 3.24. The van der Waals surface area contributed by atoms with Gasteiger partial charge in [0.15, 0.2) is 11.3 Å². The number of aromatic amines is 1. The van der Waals surface area contributed by atoms with E-state index < -0.39 is 0 Å². The predicted molar refractivity (Wildman–Crippen MR) is 98.0 cm³/mol. The maximum atomic E-state index is 6.15. The fourth-order valence-electron chi connectivity index (χ4n) is 2.40. The van der Waals surface area contributed by atoms with Crippen molar-refractivity contribution in [3.05, 3.63) is 72.3 Å². The molecule has 1 aliphatic rings. The zero-order chi connectivity index (χ0) is 16.4. The SMILES string of the molecule is NC1SC(c2ccccc2)=NN1Nc1cc(-c2ccccc2)[nH]n1. The first-order chi connectivity index (χ1) is 11.8. The van der Waals surface area contributed by atoms with E-state index in [1.807, 2.05) is 66.7 Å². The van der Waals surface area contributed by atoms with Gasteiger partial charge in [0.1, 0.15) is 5.04 Å². The van der Waals surface area contributed by atoms with E-state index in [1.54, 1.807) is 5.12 Å². The quantitative estimate of drug-likeness (QED) is 0.682. The molecule has 0 spiro atoms. The van der Waals surface area contributed by atoms with Crippen LogP contribution in [0.1, 0.15) is 5.56 Å². The van der Waals surface area contributed by atoms with Crippen LogP contribution in [0.15, 0.2) is 71.8 Å². The molecule has 0 aliphatic carbocycles. The number of nitrogens with zero attached hydrogens (tertiary/aromatic N) is 3. The minimum Gasteiger partial charge on any atom is -0.299 e. The number of benzene rings is 2. The molecule has 2 aromatic carbocycles. The average Bonchev–Trinajstić information content (AvgIpc) is 3.24. The zero-order valence-electron chi connectivity index (χ0n) is 12.8. The van der Waals surface area contributed by atoms with Crippen LogP contribution < -0.4 is 11.2 Å². The van der Waals surface area contributed by atoms with Crippen molar-refractivity contribution in [2.45, 2.75) is 5.50 Å². The minimum absolute atomic E-state index is 0.308. The molecule has 3 aromatic rings. The number of anilines is 1. The molecule has 4 rings (SSSR count).